The SMILES string of the molecule is COc1ccc([C@@H]2[C@H]3C(=O)N(c4cccc(OC)c4)C(=O)[C@H]3N3CCCN23)cc1. The van der Waals surface area contributed by atoms with Gasteiger partial charge in [-0.05, 0) is 36.2 Å². The van der Waals surface area contributed by atoms with Gasteiger partial charge in [-0.2, -0.15) is 0 Å². The Hall–Kier alpha value is -2.90. The van der Waals surface area contributed by atoms with E-state index in [-0.39, 0.29) is 17.9 Å². The van der Waals surface area contributed by atoms with Crippen LogP contribution in [0.5, 0.6) is 11.5 Å². The minimum Gasteiger partial charge on any atom is -0.497 e. The number of fused-ring (bicyclic) bond motifs is 3. The minimum absolute atomic E-state index is 0.150. The zero-order valence-electron chi connectivity index (χ0n) is 16.4. The first-order chi connectivity index (χ1) is 14.1. The predicted molar refractivity (Wildman–Crippen MR) is 107 cm³/mol. The highest BCUT2D eigenvalue weighted by atomic mass is 16.5. The largest absolute Gasteiger partial charge is 0.497 e. The van der Waals surface area contributed by atoms with E-state index >= 15 is 0 Å². The monoisotopic (exact) mass is 393 g/mol. The molecule has 0 bridgehead atoms. The summed E-state index contributed by atoms with van der Waals surface area (Å²) in [5, 5.41) is 4.30. The van der Waals surface area contributed by atoms with Crippen molar-refractivity contribution in [3.63, 3.8) is 0 Å². The average molecular weight is 393 g/mol. The van der Waals surface area contributed by atoms with Crippen molar-refractivity contribution in [2.75, 3.05) is 32.2 Å². The first kappa shape index (κ1) is 18.1. The summed E-state index contributed by atoms with van der Waals surface area (Å²) in [6.07, 6.45) is 0.983. The molecular weight excluding hydrogens is 370 g/mol. The molecule has 2 aromatic rings. The molecule has 0 aliphatic carbocycles. The molecule has 7 heteroatoms. The molecular formula is C22H23N3O4. The van der Waals surface area contributed by atoms with Crippen LogP contribution in [-0.4, -0.2) is 55.2 Å². The van der Waals surface area contributed by atoms with Crippen LogP contribution in [0.2, 0.25) is 0 Å². The van der Waals surface area contributed by atoms with Gasteiger partial charge >= 0.3 is 0 Å². The Morgan fingerprint density at radius 2 is 1.52 bits per heavy atom. The molecule has 3 aliphatic heterocycles. The second-order valence-corrected chi connectivity index (χ2v) is 7.58. The number of hydrogen-bond acceptors (Lipinski definition) is 6. The number of imide groups is 1. The summed E-state index contributed by atoms with van der Waals surface area (Å²) in [6.45, 7) is 1.64. The molecule has 3 atom stereocenters. The van der Waals surface area contributed by atoms with Crippen molar-refractivity contribution in [2.24, 2.45) is 5.92 Å². The van der Waals surface area contributed by atoms with Crippen molar-refractivity contribution in [3.8, 4) is 11.5 Å². The lowest BCUT2D eigenvalue weighted by Gasteiger charge is -2.29. The molecule has 3 heterocycles. The van der Waals surface area contributed by atoms with Crippen LogP contribution in [0.1, 0.15) is 18.0 Å². The predicted octanol–water partition coefficient (Wildman–Crippen LogP) is 2.24. The highest BCUT2D eigenvalue weighted by Crippen LogP contribution is 2.49. The summed E-state index contributed by atoms with van der Waals surface area (Å²) in [6, 6.07) is 14.3. The number of benzene rings is 2. The fourth-order valence-electron chi connectivity index (χ4n) is 4.92. The van der Waals surface area contributed by atoms with Gasteiger partial charge in [-0.3, -0.25) is 9.59 Å². The molecule has 29 heavy (non-hydrogen) atoms. The lowest BCUT2D eigenvalue weighted by molar-refractivity contribution is -0.126. The van der Waals surface area contributed by atoms with Crippen LogP contribution in [0.15, 0.2) is 48.5 Å². The van der Waals surface area contributed by atoms with Gasteiger partial charge in [0.1, 0.15) is 17.5 Å². The number of hydrogen-bond donors (Lipinski definition) is 0. The topological polar surface area (TPSA) is 62.3 Å². The number of amides is 2. The Morgan fingerprint density at radius 3 is 2.21 bits per heavy atom. The molecule has 2 aromatic carbocycles. The zero-order valence-corrected chi connectivity index (χ0v) is 16.4. The fourth-order valence-corrected chi connectivity index (χ4v) is 4.92. The van der Waals surface area contributed by atoms with E-state index in [2.05, 4.69) is 10.0 Å². The molecule has 3 aliphatic rings. The summed E-state index contributed by atoms with van der Waals surface area (Å²) in [5.41, 5.74) is 1.59. The highest BCUT2D eigenvalue weighted by Gasteiger charge is 2.62. The third-order valence-corrected chi connectivity index (χ3v) is 6.17. The van der Waals surface area contributed by atoms with Crippen molar-refractivity contribution in [2.45, 2.75) is 18.5 Å². The van der Waals surface area contributed by atoms with E-state index in [4.69, 9.17) is 9.47 Å². The highest BCUT2D eigenvalue weighted by molar-refractivity contribution is 6.24. The van der Waals surface area contributed by atoms with Gasteiger partial charge in [-0.1, -0.05) is 18.2 Å². The number of hydrazine groups is 1. The number of nitrogens with zero attached hydrogens (tertiary/aromatic N) is 3. The standard InChI is InChI=1S/C22H23N3O4/c1-28-16-9-7-14(8-10-16)19-18-20(24-12-4-11-23(19)24)22(27)25(21(18)26)15-5-3-6-17(13-15)29-2/h3,5-10,13,18-20H,4,11-12H2,1-2H3/t18-,19-,20+/m1/s1. The molecule has 0 unspecified atom stereocenters. The number of ether oxygens (including phenoxy) is 2. The van der Waals surface area contributed by atoms with E-state index in [0.717, 1.165) is 30.8 Å². The number of carbonyl (C=O) groups is 2. The van der Waals surface area contributed by atoms with Crippen LogP contribution in [0.3, 0.4) is 0 Å². The smallest absolute Gasteiger partial charge is 0.253 e. The number of methoxy groups -OCH3 is 2. The Kier molecular flexibility index (Phi) is 4.29. The van der Waals surface area contributed by atoms with Crippen molar-refractivity contribution in [1.82, 2.24) is 10.0 Å². The molecule has 3 fully saturated rings. The first-order valence-corrected chi connectivity index (χ1v) is 9.83. The lowest BCUT2D eigenvalue weighted by Crippen LogP contribution is -2.44. The molecule has 7 nitrogen and oxygen atoms in total. The van der Waals surface area contributed by atoms with E-state index in [1.54, 1.807) is 38.5 Å². The molecule has 5 rings (SSSR count). The summed E-state index contributed by atoms with van der Waals surface area (Å²) in [7, 11) is 3.21. The van der Waals surface area contributed by atoms with E-state index in [0.29, 0.717) is 11.4 Å². The maximum Gasteiger partial charge on any atom is 0.253 e. The summed E-state index contributed by atoms with van der Waals surface area (Å²) >= 11 is 0. The normalized spacial score (nSPS) is 26.7. The summed E-state index contributed by atoms with van der Waals surface area (Å²) in [5.74, 6) is 0.658. The van der Waals surface area contributed by atoms with Gasteiger partial charge in [0, 0.05) is 19.2 Å². The van der Waals surface area contributed by atoms with Crippen LogP contribution in [-0.2, 0) is 9.59 Å². The molecule has 3 saturated heterocycles. The Bertz CT molecular complexity index is 961. The quantitative estimate of drug-likeness (QED) is 0.743. The molecule has 0 spiro atoms. The van der Waals surface area contributed by atoms with Gasteiger partial charge < -0.3 is 9.47 Å². The van der Waals surface area contributed by atoms with Gasteiger partial charge in [0.05, 0.1) is 31.9 Å². The maximum absolute atomic E-state index is 13.5. The van der Waals surface area contributed by atoms with Crippen molar-refractivity contribution < 1.29 is 19.1 Å². The first-order valence-electron chi connectivity index (χ1n) is 9.83. The average Bonchev–Trinajstić information content (AvgIpc) is 3.40. The molecule has 0 saturated carbocycles. The van der Waals surface area contributed by atoms with E-state index in [1.807, 2.05) is 24.3 Å². The Morgan fingerprint density at radius 1 is 0.828 bits per heavy atom. The molecule has 0 N–H and O–H groups in total. The van der Waals surface area contributed by atoms with Crippen LogP contribution >= 0.6 is 0 Å². The van der Waals surface area contributed by atoms with Gasteiger partial charge in [0.15, 0.2) is 0 Å². The van der Waals surface area contributed by atoms with Crippen LogP contribution in [0, 0.1) is 5.92 Å². The second kappa shape index (κ2) is 6.86. The zero-order chi connectivity index (χ0) is 20.1. The number of carbonyl (C=O) groups excluding carboxylic acids is 2. The van der Waals surface area contributed by atoms with Crippen molar-refractivity contribution >= 4 is 17.5 Å². The third-order valence-electron chi connectivity index (χ3n) is 6.17. The maximum atomic E-state index is 13.5. The van der Waals surface area contributed by atoms with Crippen LogP contribution in [0.4, 0.5) is 5.69 Å². The van der Waals surface area contributed by atoms with E-state index < -0.39 is 12.0 Å². The van der Waals surface area contributed by atoms with Gasteiger partial charge in [-0.25, -0.2) is 14.9 Å². The van der Waals surface area contributed by atoms with Gasteiger partial charge in [0.2, 0.25) is 5.91 Å². The molecule has 150 valence electrons. The van der Waals surface area contributed by atoms with Crippen molar-refractivity contribution in [3.05, 3.63) is 54.1 Å². The van der Waals surface area contributed by atoms with Crippen LogP contribution < -0.4 is 14.4 Å². The number of anilines is 1. The number of rotatable bonds is 4. The Balaban J connectivity index is 1.55. The summed E-state index contributed by atoms with van der Waals surface area (Å²) in [4.78, 5) is 28.3. The van der Waals surface area contributed by atoms with E-state index in [1.165, 1.54) is 4.90 Å². The molecule has 0 radical (unpaired) electrons. The molecule has 2 amide bonds. The second-order valence-electron chi connectivity index (χ2n) is 7.58. The van der Waals surface area contributed by atoms with Crippen LogP contribution in [0.25, 0.3) is 0 Å². The van der Waals surface area contributed by atoms with Crippen molar-refractivity contribution in [1.29, 1.82) is 0 Å². The van der Waals surface area contributed by atoms with Gasteiger partial charge in [0.25, 0.3) is 5.91 Å². The Labute approximate surface area is 169 Å². The minimum atomic E-state index is -0.455. The van der Waals surface area contributed by atoms with Gasteiger partial charge in [-0.15, -0.1) is 0 Å². The lowest BCUT2D eigenvalue weighted by atomic mass is 9.90. The fraction of sp³-hybridized carbons (Fsp3) is 0.364. The third kappa shape index (κ3) is 2.65. The van der Waals surface area contributed by atoms with E-state index in [9.17, 15) is 9.59 Å². The summed E-state index contributed by atoms with van der Waals surface area (Å²) < 4.78 is 10.6. The molecule has 0 aromatic heterocycles.